The number of unbranched alkanes of at least 4 members (excludes halogenated alkanes) is 10. The van der Waals surface area contributed by atoms with Crippen molar-refractivity contribution in [1.29, 1.82) is 0 Å². The van der Waals surface area contributed by atoms with Gasteiger partial charge >= 0.3 is 5.97 Å². The van der Waals surface area contributed by atoms with Gasteiger partial charge in [0.15, 0.2) is 0 Å². The van der Waals surface area contributed by atoms with Gasteiger partial charge in [-0.3, -0.25) is 4.79 Å². The molecule has 0 aliphatic rings. The number of carboxylic acids is 1. The lowest BCUT2D eigenvalue weighted by molar-refractivity contribution is -0.148. The van der Waals surface area contributed by atoms with E-state index in [9.17, 15) is 9.90 Å². The van der Waals surface area contributed by atoms with Crippen molar-refractivity contribution in [3.63, 3.8) is 0 Å². The first-order valence-electron chi connectivity index (χ1n) is 12.7. The topological polar surface area (TPSA) is 145 Å². The molecular formula is C24H54ClN5O2. The van der Waals surface area contributed by atoms with Crippen LogP contribution in [-0.4, -0.2) is 34.1 Å². The SMILES string of the molecule is CCCCCCCCC(C)C(N)(N)N(CC(=O)O)C(N)(N)C(C)CCCCCCCC.Cl. The van der Waals surface area contributed by atoms with E-state index < -0.39 is 17.5 Å². The second kappa shape index (κ2) is 18.0. The minimum atomic E-state index is -1.39. The van der Waals surface area contributed by atoms with Crippen molar-refractivity contribution in [2.45, 2.75) is 129 Å². The Hall–Kier alpha value is -0.440. The average molecular weight is 480 g/mol. The van der Waals surface area contributed by atoms with Crippen LogP contribution in [0.3, 0.4) is 0 Å². The van der Waals surface area contributed by atoms with Crippen molar-refractivity contribution in [3.05, 3.63) is 0 Å². The molecule has 0 bridgehead atoms. The molecule has 9 N–H and O–H groups in total. The minimum absolute atomic E-state index is 0. The summed E-state index contributed by atoms with van der Waals surface area (Å²) in [6, 6.07) is 0. The second-order valence-corrected chi connectivity index (χ2v) is 9.67. The Bertz CT molecular complexity index is 443. The van der Waals surface area contributed by atoms with Gasteiger partial charge in [-0.05, 0) is 12.8 Å². The summed E-state index contributed by atoms with van der Waals surface area (Å²) in [5, 5.41) is 9.50. The van der Waals surface area contributed by atoms with Crippen LogP contribution in [0.1, 0.15) is 118 Å². The number of halogens is 1. The van der Waals surface area contributed by atoms with Gasteiger partial charge in [-0.1, -0.05) is 105 Å². The molecule has 0 rings (SSSR count). The summed E-state index contributed by atoms with van der Waals surface area (Å²) < 4.78 is 0. The Morgan fingerprint density at radius 2 is 1.03 bits per heavy atom. The Morgan fingerprint density at radius 3 is 1.34 bits per heavy atom. The van der Waals surface area contributed by atoms with E-state index in [-0.39, 0.29) is 30.8 Å². The normalized spacial score (nSPS) is 14.3. The number of carbonyl (C=O) groups is 1. The van der Waals surface area contributed by atoms with E-state index in [1.54, 1.807) is 0 Å². The highest BCUT2D eigenvalue weighted by Crippen LogP contribution is 2.29. The quantitative estimate of drug-likeness (QED) is 0.125. The third kappa shape index (κ3) is 12.7. The van der Waals surface area contributed by atoms with Crippen molar-refractivity contribution >= 4 is 18.4 Å². The molecule has 0 fully saturated rings. The summed E-state index contributed by atoms with van der Waals surface area (Å²) in [7, 11) is 0. The molecule has 0 saturated heterocycles. The number of carboxylic acid groups (broad SMARTS) is 1. The predicted octanol–water partition coefficient (Wildman–Crippen LogP) is 4.71. The highest BCUT2D eigenvalue weighted by atomic mass is 35.5. The van der Waals surface area contributed by atoms with Gasteiger partial charge in [-0.15, -0.1) is 12.4 Å². The third-order valence-electron chi connectivity index (χ3n) is 6.79. The zero-order valence-electron chi connectivity index (χ0n) is 21.3. The molecule has 8 heteroatoms. The molecule has 32 heavy (non-hydrogen) atoms. The number of rotatable bonds is 20. The van der Waals surface area contributed by atoms with Crippen molar-refractivity contribution in [3.8, 4) is 0 Å². The molecule has 0 spiro atoms. The Morgan fingerprint density at radius 1 is 0.719 bits per heavy atom. The van der Waals surface area contributed by atoms with E-state index in [0.717, 1.165) is 38.5 Å². The van der Waals surface area contributed by atoms with Crippen LogP contribution in [0.15, 0.2) is 0 Å². The highest BCUT2D eigenvalue weighted by molar-refractivity contribution is 5.85. The van der Waals surface area contributed by atoms with Crippen LogP contribution in [0.5, 0.6) is 0 Å². The van der Waals surface area contributed by atoms with Crippen molar-refractivity contribution in [2.75, 3.05) is 6.54 Å². The minimum Gasteiger partial charge on any atom is -0.480 e. The maximum atomic E-state index is 11.6. The average Bonchev–Trinajstić information content (AvgIpc) is 2.70. The van der Waals surface area contributed by atoms with Gasteiger partial charge in [0.2, 0.25) is 0 Å². The lowest BCUT2D eigenvalue weighted by Crippen LogP contribution is -2.80. The molecule has 0 aromatic heterocycles. The van der Waals surface area contributed by atoms with E-state index in [1.807, 2.05) is 13.8 Å². The molecule has 0 heterocycles. The monoisotopic (exact) mass is 479 g/mol. The molecule has 0 radical (unpaired) electrons. The van der Waals surface area contributed by atoms with Crippen molar-refractivity contribution in [1.82, 2.24) is 4.90 Å². The molecule has 194 valence electrons. The summed E-state index contributed by atoms with van der Waals surface area (Å²) in [6.07, 6.45) is 15.8. The number of hydrogen-bond acceptors (Lipinski definition) is 6. The number of nitrogens with zero attached hydrogens (tertiary/aromatic N) is 1. The molecular weight excluding hydrogens is 426 g/mol. The fourth-order valence-electron chi connectivity index (χ4n) is 4.20. The highest BCUT2D eigenvalue weighted by Gasteiger charge is 2.46. The van der Waals surface area contributed by atoms with Gasteiger partial charge in [-0.25, -0.2) is 4.90 Å². The van der Waals surface area contributed by atoms with Gasteiger partial charge in [-0.2, -0.15) is 0 Å². The van der Waals surface area contributed by atoms with Gasteiger partial charge in [0.1, 0.15) is 18.1 Å². The first-order valence-corrected chi connectivity index (χ1v) is 12.7. The van der Waals surface area contributed by atoms with Gasteiger partial charge in [0.05, 0.1) is 0 Å². The fourth-order valence-corrected chi connectivity index (χ4v) is 4.20. The number of aliphatic carboxylic acids is 1. The number of hydrogen-bond donors (Lipinski definition) is 5. The Labute approximate surface area is 203 Å². The van der Waals surface area contributed by atoms with Crippen LogP contribution in [0.4, 0.5) is 0 Å². The lowest BCUT2D eigenvalue weighted by atomic mass is 9.89. The summed E-state index contributed by atoms with van der Waals surface area (Å²) in [5.74, 6) is -4.07. The van der Waals surface area contributed by atoms with Gasteiger partial charge in [0, 0.05) is 11.8 Å². The zero-order valence-corrected chi connectivity index (χ0v) is 22.1. The molecule has 2 atom stereocenters. The molecule has 0 amide bonds. The summed E-state index contributed by atoms with van der Waals surface area (Å²) >= 11 is 0. The zero-order chi connectivity index (χ0) is 23.9. The Balaban J connectivity index is 0. The van der Waals surface area contributed by atoms with E-state index >= 15 is 0 Å². The molecule has 0 aliphatic heterocycles. The molecule has 0 aromatic carbocycles. The first-order chi connectivity index (χ1) is 14.5. The second-order valence-electron chi connectivity index (χ2n) is 9.67. The maximum absolute atomic E-state index is 11.6. The first kappa shape index (κ1) is 33.7. The van der Waals surface area contributed by atoms with Crippen LogP contribution in [0.2, 0.25) is 0 Å². The molecule has 0 aliphatic carbocycles. The van der Waals surface area contributed by atoms with Crippen LogP contribution in [0, 0.1) is 11.8 Å². The summed E-state index contributed by atoms with van der Waals surface area (Å²) in [5.41, 5.74) is 26.1. The lowest BCUT2D eigenvalue weighted by Gasteiger charge is -2.51. The van der Waals surface area contributed by atoms with Crippen molar-refractivity contribution in [2.24, 2.45) is 34.8 Å². The third-order valence-corrected chi connectivity index (χ3v) is 6.79. The van der Waals surface area contributed by atoms with E-state index in [0.29, 0.717) is 0 Å². The van der Waals surface area contributed by atoms with E-state index in [4.69, 9.17) is 22.9 Å². The maximum Gasteiger partial charge on any atom is 0.317 e. The smallest absolute Gasteiger partial charge is 0.317 e. The van der Waals surface area contributed by atoms with Crippen LogP contribution in [0.25, 0.3) is 0 Å². The van der Waals surface area contributed by atoms with Gasteiger partial charge in [0.25, 0.3) is 0 Å². The van der Waals surface area contributed by atoms with E-state index in [1.165, 1.54) is 56.3 Å². The van der Waals surface area contributed by atoms with Crippen molar-refractivity contribution < 1.29 is 9.90 Å². The Kier molecular flexibility index (Phi) is 18.9. The molecule has 7 nitrogen and oxygen atoms in total. The van der Waals surface area contributed by atoms with Gasteiger partial charge < -0.3 is 28.0 Å². The summed E-state index contributed by atoms with van der Waals surface area (Å²) in [4.78, 5) is 13.0. The molecule has 0 aromatic rings. The van der Waals surface area contributed by atoms with Crippen LogP contribution < -0.4 is 22.9 Å². The number of nitrogens with two attached hydrogens (primary N) is 4. The predicted molar refractivity (Wildman–Crippen MR) is 138 cm³/mol. The van der Waals surface area contributed by atoms with Crippen LogP contribution in [-0.2, 0) is 4.79 Å². The summed E-state index contributed by atoms with van der Waals surface area (Å²) in [6.45, 7) is 7.97. The van der Waals surface area contributed by atoms with Crippen LogP contribution >= 0.6 is 12.4 Å². The standard InChI is InChI=1S/C24H53N5O2.ClH/c1-5-7-9-11-13-15-17-20(3)23(25,26)29(19-22(30)31)24(27,28)21(4)18-16-14-12-10-8-6-2;/h20-21H,5-19,25-28H2,1-4H3,(H,30,31);1H. The molecule has 0 saturated carbocycles. The largest absolute Gasteiger partial charge is 0.480 e. The fraction of sp³-hybridized carbons (Fsp3) is 0.958. The van der Waals surface area contributed by atoms with E-state index in [2.05, 4.69) is 13.8 Å². The molecule has 2 unspecified atom stereocenters.